The summed E-state index contributed by atoms with van der Waals surface area (Å²) >= 11 is 4.33. The van der Waals surface area contributed by atoms with Gasteiger partial charge in [-0.2, -0.15) is 0 Å². The maximum atomic E-state index is 12.4. The van der Waals surface area contributed by atoms with Crippen LogP contribution >= 0.6 is 27.3 Å². The lowest BCUT2D eigenvalue weighted by Crippen LogP contribution is -2.36. The van der Waals surface area contributed by atoms with Crippen LogP contribution in [-0.4, -0.2) is 42.8 Å². The summed E-state index contributed by atoms with van der Waals surface area (Å²) < 4.78 is 29.7. The molecule has 1 aromatic heterocycles. The van der Waals surface area contributed by atoms with Crippen LogP contribution in [0.15, 0.2) is 11.4 Å². The van der Waals surface area contributed by atoms with Crippen LogP contribution in [0, 0.1) is 0 Å². The number of halogens is 3. The van der Waals surface area contributed by atoms with Crippen LogP contribution in [-0.2, 0) is 0 Å². The van der Waals surface area contributed by atoms with E-state index in [2.05, 4.69) is 15.9 Å². The first-order valence-corrected chi connectivity index (χ1v) is 6.85. The maximum Gasteiger partial charge on any atom is 0.267 e. The average Bonchev–Trinajstić information content (AvgIpc) is 2.74. The van der Waals surface area contributed by atoms with E-state index in [1.54, 1.807) is 11.4 Å². The van der Waals surface area contributed by atoms with Crippen LogP contribution in [0.5, 0.6) is 5.75 Å². The Hall–Kier alpha value is -0.690. The van der Waals surface area contributed by atoms with Gasteiger partial charge in [-0.05, 0) is 11.4 Å². The molecule has 1 heterocycles. The third-order valence-electron chi connectivity index (χ3n) is 2.04. The molecule has 0 radical (unpaired) electrons. The van der Waals surface area contributed by atoms with Gasteiger partial charge in [0.2, 0.25) is 0 Å². The molecule has 0 saturated heterocycles. The van der Waals surface area contributed by atoms with E-state index in [-0.39, 0.29) is 6.54 Å². The molecule has 0 saturated carbocycles. The minimum absolute atomic E-state index is 0.240. The number of ether oxygens (including phenoxy) is 1. The molecule has 0 atom stereocenters. The number of carbonyl (C=O) groups is 1. The van der Waals surface area contributed by atoms with Crippen LogP contribution < -0.4 is 4.74 Å². The van der Waals surface area contributed by atoms with Crippen molar-refractivity contribution in [1.29, 1.82) is 0 Å². The van der Waals surface area contributed by atoms with Gasteiger partial charge in [0.25, 0.3) is 12.3 Å². The summed E-state index contributed by atoms with van der Waals surface area (Å²) in [6, 6.07) is 1.65. The molecule has 96 valence electrons. The van der Waals surface area contributed by atoms with Crippen molar-refractivity contribution in [2.75, 3.05) is 25.5 Å². The molecule has 0 N–H and O–H groups in total. The Morgan fingerprint density at radius 2 is 2.35 bits per heavy atom. The van der Waals surface area contributed by atoms with Crippen molar-refractivity contribution in [1.82, 2.24) is 4.90 Å². The molecule has 17 heavy (non-hydrogen) atoms. The fourth-order valence-electron chi connectivity index (χ4n) is 1.30. The van der Waals surface area contributed by atoms with Gasteiger partial charge < -0.3 is 9.64 Å². The second-order valence-corrected chi connectivity index (χ2v) is 4.86. The number of thiophene rings is 1. The number of methoxy groups -OCH3 is 1. The van der Waals surface area contributed by atoms with Gasteiger partial charge in [0.15, 0.2) is 0 Å². The van der Waals surface area contributed by atoms with E-state index in [9.17, 15) is 13.6 Å². The zero-order valence-corrected chi connectivity index (χ0v) is 11.6. The zero-order chi connectivity index (χ0) is 12.8. The maximum absolute atomic E-state index is 12.4. The number of alkyl halides is 3. The Balaban J connectivity index is 2.83. The molecule has 0 unspecified atom stereocenters. The highest BCUT2D eigenvalue weighted by molar-refractivity contribution is 9.09. The molecule has 1 aromatic rings. The van der Waals surface area contributed by atoms with Gasteiger partial charge in [-0.25, -0.2) is 8.78 Å². The van der Waals surface area contributed by atoms with Crippen LogP contribution in [0.3, 0.4) is 0 Å². The van der Waals surface area contributed by atoms with E-state index in [1.807, 2.05) is 0 Å². The van der Waals surface area contributed by atoms with Crippen molar-refractivity contribution in [2.24, 2.45) is 0 Å². The Kier molecular flexibility index (Phi) is 5.84. The van der Waals surface area contributed by atoms with Gasteiger partial charge >= 0.3 is 0 Å². The van der Waals surface area contributed by atoms with E-state index in [4.69, 9.17) is 4.74 Å². The number of nitrogens with zero attached hydrogens (tertiary/aromatic N) is 1. The predicted octanol–water partition coefficient (Wildman–Crippen LogP) is 2.86. The smallest absolute Gasteiger partial charge is 0.267 e. The van der Waals surface area contributed by atoms with Crippen LogP contribution in [0.1, 0.15) is 9.67 Å². The Morgan fingerprint density at radius 1 is 1.65 bits per heavy atom. The number of rotatable bonds is 6. The standard InChI is InChI=1S/C10H12BrF2NO2S/c1-16-7-2-5-17-9(7)10(15)14(4-3-11)6-8(12)13/h2,5,8H,3-4,6H2,1H3. The first-order valence-electron chi connectivity index (χ1n) is 4.85. The second kappa shape index (κ2) is 6.90. The van der Waals surface area contributed by atoms with Crippen molar-refractivity contribution in [3.05, 3.63) is 16.3 Å². The molecule has 0 fully saturated rings. The lowest BCUT2D eigenvalue weighted by atomic mass is 10.3. The van der Waals surface area contributed by atoms with Gasteiger partial charge in [-0.3, -0.25) is 4.79 Å². The summed E-state index contributed by atoms with van der Waals surface area (Å²) in [5, 5.41) is 2.15. The highest BCUT2D eigenvalue weighted by atomic mass is 79.9. The van der Waals surface area contributed by atoms with Gasteiger partial charge in [0, 0.05) is 11.9 Å². The largest absolute Gasteiger partial charge is 0.495 e. The van der Waals surface area contributed by atoms with Gasteiger partial charge in [-0.15, -0.1) is 11.3 Å². The Morgan fingerprint density at radius 3 is 2.88 bits per heavy atom. The van der Waals surface area contributed by atoms with Gasteiger partial charge in [0.05, 0.1) is 13.7 Å². The normalized spacial score (nSPS) is 10.6. The highest BCUT2D eigenvalue weighted by Gasteiger charge is 2.23. The monoisotopic (exact) mass is 327 g/mol. The lowest BCUT2D eigenvalue weighted by molar-refractivity contribution is 0.0574. The Labute approximate surface area is 110 Å². The molecule has 0 aliphatic rings. The number of hydrogen-bond acceptors (Lipinski definition) is 3. The summed E-state index contributed by atoms with van der Waals surface area (Å²) in [5.74, 6) is 0.00504. The average molecular weight is 328 g/mol. The van der Waals surface area contributed by atoms with E-state index in [0.717, 1.165) is 4.90 Å². The summed E-state index contributed by atoms with van der Waals surface area (Å²) in [5.41, 5.74) is 0. The van der Waals surface area contributed by atoms with Crippen molar-refractivity contribution in [2.45, 2.75) is 6.43 Å². The summed E-state index contributed by atoms with van der Waals surface area (Å²) in [6.07, 6.45) is -2.54. The number of amides is 1. The van der Waals surface area contributed by atoms with E-state index < -0.39 is 18.9 Å². The lowest BCUT2D eigenvalue weighted by Gasteiger charge is -2.20. The van der Waals surface area contributed by atoms with Crippen LogP contribution in [0.2, 0.25) is 0 Å². The molecular weight excluding hydrogens is 316 g/mol. The molecular formula is C10H12BrF2NO2S. The van der Waals surface area contributed by atoms with Crippen LogP contribution in [0.25, 0.3) is 0 Å². The predicted molar refractivity (Wildman–Crippen MR) is 66.6 cm³/mol. The highest BCUT2D eigenvalue weighted by Crippen LogP contribution is 2.26. The number of carbonyl (C=O) groups excluding carboxylic acids is 1. The fraction of sp³-hybridized carbons (Fsp3) is 0.500. The van der Waals surface area contributed by atoms with Crippen molar-refractivity contribution < 1.29 is 18.3 Å². The third-order valence-corrected chi connectivity index (χ3v) is 3.28. The topological polar surface area (TPSA) is 29.5 Å². The van der Waals surface area contributed by atoms with Gasteiger partial charge in [-0.1, -0.05) is 15.9 Å². The quantitative estimate of drug-likeness (QED) is 0.752. The molecule has 3 nitrogen and oxygen atoms in total. The van der Waals surface area contributed by atoms with E-state index >= 15 is 0 Å². The molecule has 0 aliphatic heterocycles. The van der Waals surface area contributed by atoms with Crippen molar-refractivity contribution in [3.8, 4) is 5.75 Å². The number of hydrogen-bond donors (Lipinski definition) is 0. The minimum Gasteiger partial charge on any atom is -0.495 e. The van der Waals surface area contributed by atoms with E-state index in [1.165, 1.54) is 18.4 Å². The summed E-state index contributed by atoms with van der Waals surface area (Å²) in [4.78, 5) is 13.5. The van der Waals surface area contributed by atoms with Crippen molar-refractivity contribution >= 4 is 33.2 Å². The fourth-order valence-corrected chi connectivity index (χ4v) is 2.56. The zero-order valence-electron chi connectivity index (χ0n) is 9.16. The first kappa shape index (κ1) is 14.4. The van der Waals surface area contributed by atoms with Crippen LogP contribution in [0.4, 0.5) is 8.78 Å². The Bertz CT molecular complexity index is 373. The van der Waals surface area contributed by atoms with Crippen molar-refractivity contribution in [3.63, 3.8) is 0 Å². The molecule has 7 heteroatoms. The molecule has 0 bridgehead atoms. The molecule has 1 amide bonds. The summed E-state index contributed by atoms with van der Waals surface area (Å²) in [7, 11) is 1.45. The summed E-state index contributed by atoms with van der Waals surface area (Å²) in [6.45, 7) is -0.324. The van der Waals surface area contributed by atoms with E-state index in [0.29, 0.717) is 16.0 Å². The minimum atomic E-state index is -2.54. The third kappa shape index (κ3) is 3.92. The molecule has 1 rings (SSSR count). The SMILES string of the molecule is COc1ccsc1C(=O)N(CCBr)CC(F)F. The molecule has 0 aromatic carbocycles. The molecule has 0 spiro atoms. The molecule has 0 aliphatic carbocycles. The first-order chi connectivity index (χ1) is 8.10. The van der Waals surface area contributed by atoms with Gasteiger partial charge in [0.1, 0.15) is 10.6 Å². The second-order valence-electron chi connectivity index (χ2n) is 3.15.